The zero-order valence-corrected chi connectivity index (χ0v) is 17.4. The van der Waals surface area contributed by atoms with Crippen LogP contribution < -0.4 is 5.32 Å². The van der Waals surface area contributed by atoms with Crippen LogP contribution in [0.4, 0.5) is 4.39 Å². The van der Waals surface area contributed by atoms with Crippen LogP contribution in [0.5, 0.6) is 0 Å². The van der Waals surface area contributed by atoms with Crippen molar-refractivity contribution in [1.82, 2.24) is 29.8 Å². The van der Waals surface area contributed by atoms with Gasteiger partial charge in [-0.3, -0.25) is 4.79 Å². The minimum absolute atomic E-state index is 0.117. The molecule has 1 aliphatic rings. The van der Waals surface area contributed by atoms with Crippen LogP contribution in [-0.2, 0) is 21.4 Å². The third-order valence-electron chi connectivity index (χ3n) is 5.22. The molecule has 0 radical (unpaired) electrons. The van der Waals surface area contributed by atoms with Gasteiger partial charge < -0.3 is 5.32 Å². The van der Waals surface area contributed by atoms with Gasteiger partial charge in [-0.1, -0.05) is 12.1 Å². The summed E-state index contributed by atoms with van der Waals surface area (Å²) < 4.78 is 41.9. The molecule has 1 amide bonds. The van der Waals surface area contributed by atoms with E-state index in [1.165, 1.54) is 39.6 Å². The van der Waals surface area contributed by atoms with E-state index in [1.54, 1.807) is 24.3 Å². The van der Waals surface area contributed by atoms with Crippen molar-refractivity contribution in [2.45, 2.75) is 24.3 Å². The van der Waals surface area contributed by atoms with Crippen molar-refractivity contribution < 1.29 is 17.6 Å². The number of halogens is 1. The van der Waals surface area contributed by atoms with Gasteiger partial charge in [0.2, 0.25) is 15.9 Å². The second-order valence-electron chi connectivity index (χ2n) is 7.29. The number of carbonyl (C=O) groups excluding carboxylic acids is 1. The summed E-state index contributed by atoms with van der Waals surface area (Å²) in [6.45, 7) is 0.742. The molecule has 1 aliphatic heterocycles. The van der Waals surface area contributed by atoms with Gasteiger partial charge in [0.15, 0.2) is 0 Å². The van der Waals surface area contributed by atoms with Crippen molar-refractivity contribution in [3.05, 3.63) is 66.2 Å². The Morgan fingerprint density at radius 2 is 1.87 bits per heavy atom. The van der Waals surface area contributed by atoms with E-state index in [0.29, 0.717) is 25.1 Å². The van der Waals surface area contributed by atoms with Gasteiger partial charge in [-0.15, -0.1) is 5.10 Å². The van der Waals surface area contributed by atoms with Crippen LogP contribution in [0.1, 0.15) is 18.4 Å². The summed E-state index contributed by atoms with van der Waals surface area (Å²) in [7, 11) is -3.74. The highest BCUT2D eigenvalue weighted by molar-refractivity contribution is 7.89. The molecule has 2 aromatic carbocycles. The second kappa shape index (κ2) is 8.90. The molecule has 162 valence electrons. The molecule has 4 rings (SSSR count). The van der Waals surface area contributed by atoms with E-state index in [9.17, 15) is 17.6 Å². The number of nitrogens with one attached hydrogen (secondary N) is 1. The average Bonchev–Trinajstić information content (AvgIpc) is 3.34. The number of piperidine rings is 1. The summed E-state index contributed by atoms with van der Waals surface area (Å²) in [5.74, 6) is -0.989. The number of tetrazole rings is 1. The Labute approximate surface area is 178 Å². The van der Waals surface area contributed by atoms with Gasteiger partial charge in [0.05, 0.1) is 16.5 Å². The molecule has 0 bridgehead atoms. The second-order valence-corrected chi connectivity index (χ2v) is 9.23. The quantitative estimate of drug-likeness (QED) is 0.617. The number of hydrogen-bond acceptors (Lipinski definition) is 6. The summed E-state index contributed by atoms with van der Waals surface area (Å²) in [6, 6.07) is 12.1. The first-order valence-electron chi connectivity index (χ1n) is 9.79. The lowest BCUT2D eigenvalue weighted by molar-refractivity contribution is -0.126. The monoisotopic (exact) mass is 444 g/mol. The van der Waals surface area contributed by atoms with Crippen molar-refractivity contribution in [3.63, 3.8) is 0 Å². The predicted octanol–water partition coefficient (Wildman–Crippen LogP) is 1.52. The van der Waals surface area contributed by atoms with Crippen LogP contribution in [0.15, 0.2) is 59.8 Å². The molecular formula is C20H21FN6O3S. The van der Waals surface area contributed by atoms with Crippen molar-refractivity contribution in [1.29, 1.82) is 0 Å². The molecule has 3 aromatic rings. The highest BCUT2D eigenvalue weighted by Crippen LogP contribution is 2.24. The van der Waals surface area contributed by atoms with Crippen LogP contribution in [0.25, 0.3) is 5.69 Å². The van der Waals surface area contributed by atoms with E-state index in [1.807, 2.05) is 0 Å². The molecule has 9 nitrogen and oxygen atoms in total. The van der Waals surface area contributed by atoms with Crippen molar-refractivity contribution >= 4 is 15.9 Å². The molecule has 0 aliphatic carbocycles. The predicted molar refractivity (Wildman–Crippen MR) is 109 cm³/mol. The molecule has 1 saturated heterocycles. The molecule has 11 heteroatoms. The lowest BCUT2D eigenvalue weighted by atomic mass is 9.99. The zero-order chi connectivity index (χ0) is 21.8. The molecule has 31 heavy (non-hydrogen) atoms. The first kappa shape index (κ1) is 21.1. The maximum absolute atomic E-state index is 13.1. The Bertz CT molecular complexity index is 1130. The summed E-state index contributed by atoms with van der Waals surface area (Å²) in [5.41, 5.74) is 1.42. The maximum atomic E-state index is 13.1. The van der Waals surface area contributed by atoms with Crippen molar-refractivity contribution in [3.8, 4) is 5.69 Å². The Kier molecular flexibility index (Phi) is 6.05. The number of nitrogens with zero attached hydrogens (tertiary/aromatic N) is 5. The minimum atomic E-state index is -3.74. The molecule has 1 N–H and O–H groups in total. The van der Waals surface area contributed by atoms with Crippen LogP contribution in [0, 0.1) is 11.7 Å². The van der Waals surface area contributed by atoms with Crippen LogP contribution >= 0.6 is 0 Å². The molecule has 0 spiro atoms. The Morgan fingerprint density at radius 3 is 2.55 bits per heavy atom. The number of amides is 1. The third kappa shape index (κ3) is 4.78. The summed E-state index contributed by atoms with van der Waals surface area (Å²) in [6.07, 6.45) is 2.62. The Morgan fingerprint density at radius 1 is 1.13 bits per heavy atom. The molecule has 0 saturated carbocycles. The topological polar surface area (TPSA) is 110 Å². The van der Waals surface area contributed by atoms with Crippen LogP contribution in [0.3, 0.4) is 0 Å². The molecular weight excluding hydrogens is 423 g/mol. The molecule has 2 heterocycles. The van der Waals surface area contributed by atoms with Gasteiger partial charge in [-0.2, -0.15) is 4.31 Å². The fourth-order valence-corrected chi connectivity index (χ4v) is 5.03. The zero-order valence-electron chi connectivity index (χ0n) is 16.6. The fourth-order valence-electron chi connectivity index (χ4n) is 3.51. The Hall–Kier alpha value is -3.18. The lowest BCUT2D eigenvalue weighted by Crippen LogP contribution is -2.45. The number of hydrogen-bond donors (Lipinski definition) is 1. The number of rotatable bonds is 6. The maximum Gasteiger partial charge on any atom is 0.243 e. The molecule has 1 unspecified atom stereocenters. The van der Waals surface area contributed by atoms with Gasteiger partial charge in [0.1, 0.15) is 12.1 Å². The van der Waals surface area contributed by atoms with Crippen LogP contribution in [-0.4, -0.2) is 51.9 Å². The molecule has 1 aromatic heterocycles. The van der Waals surface area contributed by atoms with E-state index in [4.69, 9.17) is 0 Å². The lowest BCUT2D eigenvalue weighted by Gasteiger charge is -2.31. The Balaban J connectivity index is 1.40. The minimum Gasteiger partial charge on any atom is -0.352 e. The highest BCUT2D eigenvalue weighted by atomic mass is 32.2. The number of aromatic nitrogens is 4. The number of sulfonamides is 1. The van der Waals surface area contributed by atoms with Crippen LogP contribution in [0.2, 0.25) is 0 Å². The molecule has 1 atom stereocenters. The van der Waals surface area contributed by atoms with Crippen molar-refractivity contribution in [2.24, 2.45) is 5.92 Å². The largest absolute Gasteiger partial charge is 0.352 e. The standard InChI is InChI=1S/C20H21FN6O3S/c21-17-5-3-15(4-6-17)12-22-20(28)16-2-1-11-26(13-16)31(29,30)19-9-7-18(8-10-19)27-14-23-24-25-27/h3-10,14,16H,1-2,11-13H2,(H,22,28). The fraction of sp³-hybridized carbons (Fsp3) is 0.300. The van der Waals surface area contributed by atoms with E-state index >= 15 is 0 Å². The van der Waals surface area contributed by atoms with Gasteiger partial charge in [-0.05, 0) is 65.2 Å². The average molecular weight is 444 g/mol. The normalized spacial score (nSPS) is 17.4. The summed E-state index contributed by atoms with van der Waals surface area (Å²) in [4.78, 5) is 12.7. The SMILES string of the molecule is O=C(NCc1ccc(F)cc1)C1CCCN(S(=O)(=O)c2ccc(-n3cnnn3)cc2)C1. The van der Waals surface area contributed by atoms with Gasteiger partial charge >= 0.3 is 0 Å². The first-order chi connectivity index (χ1) is 14.9. The first-order valence-corrected chi connectivity index (χ1v) is 11.2. The van der Waals surface area contributed by atoms with Gasteiger partial charge in [0.25, 0.3) is 0 Å². The highest BCUT2D eigenvalue weighted by Gasteiger charge is 2.33. The van der Waals surface area contributed by atoms with Gasteiger partial charge in [0, 0.05) is 19.6 Å². The smallest absolute Gasteiger partial charge is 0.243 e. The van der Waals surface area contributed by atoms with E-state index in [0.717, 1.165) is 5.56 Å². The van der Waals surface area contributed by atoms with E-state index in [2.05, 4.69) is 20.8 Å². The molecule has 1 fully saturated rings. The number of benzene rings is 2. The van der Waals surface area contributed by atoms with E-state index in [-0.39, 0.29) is 29.7 Å². The summed E-state index contributed by atoms with van der Waals surface area (Å²) >= 11 is 0. The number of carbonyl (C=O) groups is 1. The van der Waals surface area contributed by atoms with E-state index < -0.39 is 15.9 Å². The third-order valence-corrected chi connectivity index (χ3v) is 7.10. The van der Waals surface area contributed by atoms with Gasteiger partial charge in [-0.25, -0.2) is 17.5 Å². The van der Waals surface area contributed by atoms with Crippen molar-refractivity contribution in [2.75, 3.05) is 13.1 Å². The summed E-state index contributed by atoms with van der Waals surface area (Å²) in [5, 5.41) is 13.7.